The molecule has 0 radical (unpaired) electrons. The zero-order valence-corrected chi connectivity index (χ0v) is 14.8. The molecule has 1 saturated heterocycles. The molecule has 1 aromatic carbocycles. The number of hydrogen-bond donors (Lipinski definition) is 2. The largest absolute Gasteiger partial charge is 0.495 e. The second-order valence-corrected chi connectivity index (χ2v) is 6.21. The van der Waals surface area contributed by atoms with Crippen molar-refractivity contribution in [2.75, 3.05) is 7.11 Å². The van der Waals surface area contributed by atoms with Gasteiger partial charge < -0.3 is 19.7 Å². The number of hydrogen-bond acceptors (Lipinski definition) is 7. The summed E-state index contributed by atoms with van der Waals surface area (Å²) in [5.74, 6) is 6.71. The van der Waals surface area contributed by atoms with Crippen molar-refractivity contribution >= 4 is 11.2 Å². The standard InChI is InChI=1S/C19H18N4O4/c1-11-16(24)17(25)19(27-11)23-10-22-15-13(20-9-21-18(15)23)8-7-12-5-3-4-6-14(12)26-2/h3-6,9-11,16-17,19,24-25H,1-2H3/t11-,16-,17-,19-/m1/s1. The average molecular weight is 366 g/mol. The lowest BCUT2D eigenvalue weighted by molar-refractivity contribution is -0.0299. The van der Waals surface area contributed by atoms with Crippen LogP contribution in [-0.4, -0.2) is 55.2 Å². The third kappa shape index (κ3) is 3.02. The molecule has 3 aromatic rings. The molecule has 0 aliphatic carbocycles. The van der Waals surface area contributed by atoms with Gasteiger partial charge in [0.15, 0.2) is 11.9 Å². The van der Waals surface area contributed by atoms with Crippen LogP contribution in [0.2, 0.25) is 0 Å². The van der Waals surface area contributed by atoms with Crippen LogP contribution in [0.15, 0.2) is 36.9 Å². The first-order valence-corrected chi connectivity index (χ1v) is 8.44. The first kappa shape index (κ1) is 17.4. The van der Waals surface area contributed by atoms with E-state index >= 15 is 0 Å². The number of imidazole rings is 1. The summed E-state index contributed by atoms with van der Waals surface area (Å²) in [5.41, 5.74) is 2.15. The Bertz CT molecular complexity index is 1040. The van der Waals surface area contributed by atoms with Gasteiger partial charge in [0, 0.05) is 0 Å². The quantitative estimate of drug-likeness (QED) is 0.649. The minimum absolute atomic E-state index is 0.450. The van der Waals surface area contributed by atoms with Gasteiger partial charge >= 0.3 is 0 Å². The number of aliphatic hydroxyl groups excluding tert-OH is 2. The summed E-state index contributed by atoms with van der Waals surface area (Å²) in [5, 5.41) is 20.2. The van der Waals surface area contributed by atoms with E-state index < -0.39 is 24.5 Å². The SMILES string of the molecule is COc1ccccc1C#Cc1ncnc2c1ncn2[C@@H]1O[C@H](C)[C@@H](O)[C@H]1O. The maximum absolute atomic E-state index is 10.2. The smallest absolute Gasteiger partial charge is 0.166 e. The van der Waals surface area contributed by atoms with Gasteiger partial charge in [-0.15, -0.1) is 0 Å². The van der Waals surface area contributed by atoms with E-state index in [2.05, 4.69) is 26.8 Å². The normalized spacial score (nSPS) is 24.6. The molecule has 1 aliphatic rings. The number of nitrogens with zero attached hydrogens (tertiary/aromatic N) is 4. The predicted octanol–water partition coefficient (Wildman–Crippen LogP) is 0.874. The molecule has 0 amide bonds. The highest BCUT2D eigenvalue weighted by Gasteiger charge is 2.42. The number of fused-ring (bicyclic) bond motifs is 1. The van der Waals surface area contributed by atoms with Crippen LogP contribution in [0.25, 0.3) is 11.2 Å². The molecule has 4 rings (SSSR count). The summed E-state index contributed by atoms with van der Waals surface area (Å²) >= 11 is 0. The van der Waals surface area contributed by atoms with Crippen LogP contribution in [0.1, 0.15) is 24.4 Å². The van der Waals surface area contributed by atoms with Crippen molar-refractivity contribution in [3.8, 4) is 17.6 Å². The van der Waals surface area contributed by atoms with Crippen molar-refractivity contribution in [2.24, 2.45) is 0 Å². The Hall–Kier alpha value is -2.99. The van der Waals surface area contributed by atoms with Crippen molar-refractivity contribution in [1.29, 1.82) is 0 Å². The molecule has 0 unspecified atom stereocenters. The summed E-state index contributed by atoms with van der Waals surface area (Å²) < 4.78 is 12.5. The fraction of sp³-hybridized carbons (Fsp3) is 0.316. The number of para-hydroxylation sites is 1. The van der Waals surface area contributed by atoms with Crippen LogP contribution in [0.5, 0.6) is 5.75 Å². The van der Waals surface area contributed by atoms with Crippen molar-refractivity contribution in [3.05, 3.63) is 48.2 Å². The van der Waals surface area contributed by atoms with E-state index in [1.54, 1.807) is 18.6 Å². The number of methoxy groups -OCH3 is 1. The van der Waals surface area contributed by atoms with Crippen LogP contribution < -0.4 is 4.74 Å². The fourth-order valence-electron chi connectivity index (χ4n) is 3.06. The molecule has 0 saturated carbocycles. The van der Waals surface area contributed by atoms with Gasteiger partial charge in [-0.3, -0.25) is 4.57 Å². The lowest BCUT2D eigenvalue weighted by atomic mass is 10.1. The molecule has 1 aliphatic heterocycles. The lowest BCUT2D eigenvalue weighted by Gasteiger charge is -2.16. The molecule has 2 aromatic heterocycles. The number of aromatic nitrogens is 4. The van der Waals surface area contributed by atoms with Crippen LogP contribution >= 0.6 is 0 Å². The van der Waals surface area contributed by atoms with Crippen LogP contribution in [0.4, 0.5) is 0 Å². The Labute approximate surface area is 155 Å². The highest BCUT2D eigenvalue weighted by Crippen LogP contribution is 2.31. The number of aliphatic hydroxyl groups is 2. The second-order valence-electron chi connectivity index (χ2n) is 6.21. The van der Waals surface area contributed by atoms with Crippen molar-refractivity contribution in [2.45, 2.75) is 31.5 Å². The Morgan fingerprint density at radius 3 is 2.67 bits per heavy atom. The molecular weight excluding hydrogens is 348 g/mol. The van der Waals surface area contributed by atoms with Gasteiger partial charge in [0.25, 0.3) is 0 Å². The Balaban J connectivity index is 1.73. The highest BCUT2D eigenvalue weighted by atomic mass is 16.6. The average Bonchev–Trinajstić information content (AvgIpc) is 3.23. The zero-order chi connectivity index (χ0) is 19.0. The summed E-state index contributed by atoms with van der Waals surface area (Å²) in [6, 6.07) is 7.44. The van der Waals surface area contributed by atoms with Gasteiger partial charge in [0.1, 0.15) is 35.5 Å². The summed E-state index contributed by atoms with van der Waals surface area (Å²) in [6.07, 6.45) is -0.422. The fourth-order valence-corrected chi connectivity index (χ4v) is 3.06. The van der Waals surface area contributed by atoms with Crippen LogP contribution in [0.3, 0.4) is 0 Å². The van der Waals surface area contributed by atoms with E-state index in [4.69, 9.17) is 9.47 Å². The van der Waals surface area contributed by atoms with E-state index in [-0.39, 0.29) is 0 Å². The van der Waals surface area contributed by atoms with Crippen molar-refractivity contribution in [3.63, 3.8) is 0 Å². The first-order valence-electron chi connectivity index (χ1n) is 8.44. The van der Waals surface area contributed by atoms with Crippen molar-refractivity contribution in [1.82, 2.24) is 19.5 Å². The molecule has 1 fully saturated rings. The lowest BCUT2D eigenvalue weighted by Crippen LogP contribution is -2.30. The van der Waals surface area contributed by atoms with E-state index in [1.165, 1.54) is 12.7 Å². The third-order valence-corrected chi connectivity index (χ3v) is 4.53. The Kier molecular flexibility index (Phi) is 4.49. The molecule has 2 N–H and O–H groups in total. The van der Waals surface area contributed by atoms with E-state index in [0.717, 1.165) is 5.56 Å². The van der Waals surface area contributed by atoms with Gasteiger partial charge in [0.2, 0.25) is 0 Å². The number of ether oxygens (including phenoxy) is 2. The van der Waals surface area contributed by atoms with Crippen molar-refractivity contribution < 1.29 is 19.7 Å². The van der Waals surface area contributed by atoms with Gasteiger partial charge in [-0.05, 0) is 25.0 Å². The first-order chi connectivity index (χ1) is 13.1. The molecule has 27 heavy (non-hydrogen) atoms. The Morgan fingerprint density at radius 1 is 1.11 bits per heavy atom. The van der Waals surface area contributed by atoms with E-state index in [9.17, 15) is 10.2 Å². The third-order valence-electron chi connectivity index (χ3n) is 4.53. The molecule has 8 nitrogen and oxygen atoms in total. The summed E-state index contributed by atoms with van der Waals surface area (Å²) in [7, 11) is 1.59. The molecule has 0 bridgehead atoms. The minimum Gasteiger partial charge on any atom is -0.495 e. The van der Waals surface area contributed by atoms with Crippen LogP contribution in [-0.2, 0) is 4.74 Å². The van der Waals surface area contributed by atoms with Gasteiger partial charge in [-0.25, -0.2) is 15.0 Å². The van der Waals surface area contributed by atoms with E-state index in [0.29, 0.717) is 22.6 Å². The maximum atomic E-state index is 10.2. The predicted molar refractivity (Wildman–Crippen MR) is 95.9 cm³/mol. The monoisotopic (exact) mass is 366 g/mol. The van der Waals surface area contributed by atoms with Gasteiger partial charge in [0.05, 0.1) is 25.1 Å². The Morgan fingerprint density at radius 2 is 1.93 bits per heavy atom. The van der Waals surface area contributed by atoms with Gasteiger partial charge in [-0.2, -0.15) is 0 Å². The van der Waals surface area contributed by atoms with Gasteiger partial charge in [-0.1, -0.05) is 18.1 Å². The maximum Gasteiger partial charge on any atom is 0.166 e. The molecule has 0 spiro atoms. The van der Waals surface area contributed by atoms with E-state index in [1.807, 2.05) is 24.3 Å². The highest BCUT2D eigenvalue weighted by molar-refractivity contribution is 5.76. The number of benzene rings is 1. The topological polar surface area (TPSA) is 103 Å². The molecule has 8 heteroatoms. The molecule has 4 atom stereocenters. The number of rotatable bonds is 2. The second kappa shape index (κ2) is 6.96. The summed E-state index contributed by atoms with van der Waals surface area (Å²) in [6.45, 7) is 1.70. The minimum atomic E-state index is -1.07. The molecular formula is C19H18N4O4. The molecule has 138 valence electrons. The summed E-state index contributed by atoms with van der Waals surface area (Å²) in [4.78, 5) is 12.8. The molecule has 3 heterocycles. The zero-order valence-electron chi connectivity index (χ0n) is 14.8. The van der Waals surface area contributed by atoms with Crippen LogP contribution in [0, 0.1) is 11.8 Å².